The zero-order chi connectivity index (χ0) is 27.5. The van der Waals surface area contributed by atoms with Gasteiger partial charge in [0.1, 0.15) is 11.6 Å². The van der Waals surface area contributed by atoms with Crippen LogP contribution in [0.1, 0.15) is 76.9 Å². The maximum atomic E-state index is 15.3. The summed E-state index contributed by atoms with van der Waals surface area (Å²) in [6.07, 6.45) is 1.04. The van der Waals surface area contributed by atoms with Gasteiger partial charge in [-0.2, -0.15) is 0 Å². The number of fused-ring (bicyclic) bond motifs is 1. The van der Waals surface area contributed by atoms with Gasteiger partial charge in [0.25, 0.3) is 0 Å². The number of esters is 1. The van der Waals surface area contributed by atoms with E-state index < -0.39 is 53.5 Å². The first-order valence-electron chi connectivity index (χ1n) is 13.0. The number of halogens is 1. The number of thiazole rings is 1. The standard InChI is InChI=1S/C28H40FNO6S/c1-7-9-19-25(33)16(2)10-8-11-28(6)23(36-28)13-21(20(29)12-18-15-37-17(3)30-18)35-24(32)14-22(31)27(4,5)26(19)34/h7,12,15-16,19,21-23,25,31,33H,1,8-11,13-14H2,2-6H3. The van der Waals surface area contributed by atoms with Crippen molar-refractivity contribution >= 4 is 29.2 Å². The average molecular weight is 538 g/mol. The van der Waals surface area contributed by atoms with E-state index in [1.54, 1.807) is 25.3 Å². The van der Waals surface area contributed by atoms with E-state index in [1.165, 1.54) is 17.4 Å². The van der Waals surface area contributed by atoms with Gasteiger partial charge >= 0.3 is 5.97 Å². The normalized spacial score (nSPS) is 35.9. The fourth-order valence-corrected chi connectivity index (χ4v) is 5.66. The molecule has 2 saturated heterocycles. The van der Waals surface area contributed by atoms with E-state index in [-0.39, 0.29) is 30.6 Å². The third kappa shape index (κ3) is 7.13. The first-order valence-corrected chi connectivity index (χ1v) is 13.8. The van der Waals surface area contributed by atoms with Gasteiger partial charge in [0, 0.05) is 17.7 Å². The average Bonchev–Trinajstić information content (AvgIpc) is 3.27. The Hall–Kier alpha value is -1.94. The summed E-state index contributed by atoms with van der Waals surface area (Å²) in [5.41, 5.74) is -1.39. The molecular formula is C28H40FNO6S. The zero-order valence-corrected chi connectivity index (χ0v) is 23.2. The van der Waals surface area contributed by atoms with E-state index in [2.05, 4.69) is 11.6 Å². The molecule has 2 fully saturated rings. The van der Waals surface area contributed by atoms with Crippen LogP contribution in [-0.4, -0.2) is 57.0 Å². The number of allylic oxidation sites excluding steroid dienone is 1. The van der Waals surface area contributed by atoms with Crippen molar-refractivity contribution in [2.75, 3.05) is 0 Å². The number of hydrogen-bond acceptors (Lipinski definition) is 8. The summed E-state index contributed by atoms with van der Waals surface area (Å²) < 4.78 is 26.8. The Bertz CT molecular complexity index is 1020. The summed E-state index contributed by atoms with van der Waals surface area (Å²) in [7, 11) is 0. The Morgan fingerprint density at radius 3 is 2.65 bits per heavy atom. The largest absolute Gasteiger partial charge is 0.455 e. The van der Waals surface area contributed by atoms with Gasteiger partial charge in [0.15, 0.2) is 6.10 Å². The Labute approximate surface area is 222 Å². The summed E-state index contributed by atoms with van der Waals surface area (Å²) in [6.45, 7) is 12.5. The fourth-order valence-electron chi connectivity index (χ4n) is 5.09. The Kier molecular flexibility index (Phi) is 9.48. The molecule has 7 atom stereocenters. The number of nitrogens with zero attached hydrogens (tertiary/aromatic N) is 1. The van der Waals surface area contributed by atoms with Gasteiger partial charge < -0.3 is 19.7 Å². The lowest BCUT2D eigenvalue weighted by molar-refractivity contribution is -0.155. The highest BCUT2D eigenvalue weighted by Gasteiger charge is 2.53. The highest BCUT2D eigenvalue weighted by Crippen LogP contribution is 2.45. The number of cyclic esters (lactones) is 1. The van der Waals surface area contributed by atoms with Crippen LogP contribution in [0.5, 0.6) is 0 Å². The molecule has 0 aromatic carbocycles. The predicted octanol–water partition coefficient (Wildman–Crippen LogP) is 4.94. The number of aliphatic hydroxyl groups is 2. The molecule has 3 heterocycles. The van der Waals surface area contributed by atoms with Gasteiger partial charge in [-0.15, -0.1) is 17.9 Å². The van der Waals surface area contributed by atoms with Crippen LogP contribution in [0, 0.1) is 24.2 Å². The zero-order valence-electron chi connectivity index (χ0n) is 22.4. The van der Waals surface area contributed by atoms with Crippen LogP contribution in [0.4, 0.5) is 4.39 Å². The number of ketones is 1. The Balaban J connectivity index is 1.88. The molecule has 9 heteroatoms. The molecule has 2 aliphatic heterocycles. The maximum absolute atomic E-state index is 15.3. The fraction of sp³-hybridized carbons (Fsp3) is 0.679. The molecule has 7 nitrogen and oxygen atoms in total. The van der Waals surface area contributed by atoms with Crippen molar-refractivity contribution in [2.24, 2.45) is 17.3 Å². The third-order valence-corrected chi connectivity index (χ3v) is 8.67. The van der Waals surface area contributed by atoms with Gasteiger partial charge in [-0.3, -0.25) is 9.59 Å². The number of Topliss-reactive ketones (excluding diaryl/α,β-unsaturated/α-hetero) is 1. The van der Waals surface area contributed by atoms with Crippen molar-refractivity contribution in [2.45, 2.75) is 103 Å². The number of hydrogen-bond donors (Lipinski definition) is 2. The molecule has 0 spiro atoms. The van der Waals surface area contributed by atoms with Crippen molar-refractivity contribution < 1.29 is 33.7 Å². The highest BCUT2D eigenvalue weighted by molar-refractivity contribution is 7.09. The van der Waals surface area contributed by atoms with E-state index in [0.717, 1.165) is 11.4 Å². The molecule has 0 radical (unpaired) electrons. The summed E-state index contributed by atoms with van der Waals surface area (Å²) in [5.74, 6) is -2.75. The van der Waals surface area contributed by atoms with Crippen molar-refractivity contribution in [3.8, 4) is 0 Å². The van der Waals surface area contributed by atoms with Crippen LogP contribution in [0.3, 0.4) is 0 Å². The smallest absolute Gasteiger partial charge is 0.309 e. The molecule has 1 aromatic heterocycles. The molecule has 2 N–H and O–H groups in total. The number of ether oxygens (including phenoxy) is 2. The first-order chi connectivity index (χ1) is 17.3. The van der Waals surface area contributed by atoms with Crippen LogP contribution in [-0.2, 0) is 19.1 Å². The minimum absolute atomic E-state index is 0.131. The number of carbonyl (C=O) groups excluding carboxylic acids is 2. The lowest BCUT2D eigenvalue weighted by Gasteiger charge is -2.35. The van der Waals surface area contributed by atoms with Gasteiger partial charge in [0.05, 0.1) is 46.5 Å². The molecule has 7 unspecified atom stereocenters. The summed E-state index contributed by atoms with van der Waals surface area (Å²) in [5, 5.41) is 24.5. The molecule has 206 valence electrons. The van der Waals surface area contributed by atoms with Crippen LogP contribution < -0.4 is 0 Å². The van der Waals surface area contributed by atoms with Gasteiger partial charge in [0.2, 0.25) is 0 Å². The van der Waals surface area contributed by atoms with Crippen molar-refractivity contribution in [3.63, 3.8) is 0 Å². The van der Waals surface area contributed by atoms with Gasteiger partial charge in [-0.05, 0) is 45.1 Å². The minimum Gasteiger partial charge on any atom is -0.455 e. The van der Waals surface area contributed by atoms with E-state index in [1.807, 2.05) is 20.8 Å². The number of aromatic nitrogens is 1. The molecule has 37 heavy (non-hydrogen) atoms. The molecule has 0 aliphatic carbocycles. The molecule has 1 aromatic rings. The second-order valence-electron chi connectivity index (χ2n) is 11.3. The van der Waals surface area contributed by atoms with Crippen molar-refractivity contribution in [1.29, 1.82) is 0 Å². The predicted molar refractivity (Wildman–Crippen MR) is 140 cm³/mol. The number of carbonyl (C=O) groups is 2. The van der Waals surface area contributed by atoms with E-state index in [4.69, 9.17) is 9.47 Å². The van der Waals surface area contributed by atoms with E-state index in [9.17, 15) is 19.8 Å². The lowest BCUT2D eigenvalue weighted by atomic mass is 9.71. The second kappa shape index (κ2) is 11.8. The topological polar surface area (TPSA) is 109 Å². The molecule has 0 bridgehead atoms. The summed E-state index contributed by atoms with van der Waals surface area (Å²) >= 11 is 1.39. The van der Waals surface area contributed by atoms with Crippen LogP contribution >= 0.6 is 11.3 Å². The van der Waals surface area contributed by atoms with Crippen LogP contribution in [0.2, 0.25) is 0 Å². The Morgan fingerprint density at radius 1 is 1.32 bits per heavy atom. The minimum atomic E-state index is -1.38. The van der Waals surface area contributed by atoms with Crippen LogP contribution in [0.15, 0.2) is 23.9 Å². The van der Waals surface area contributed by atoms with Crippen molar-refractivity contribution in [1.82, 2.24) is 4.98 Å². The lowest BCUT2D eigenvalue weighted by Crippen LogP contribution is -2.46. The van der Waals surface area contributed by atoms with Gasteiger partial charge in [-0.1, -0.05) is 33.3 Å². The number of aryl methyl sites for hydroxylation is 1. The Morgan fingerprint density at radius 2 is 2.03 bits per heavy atom. The summed E-state index contributed by atoms with van der Waals surface area (Å²) in [6, 6.07) is 0. The number of aliphatic hydroxyl groups excluding tert-OH is 2. The first kappa shape index (κ1) is 29.6. The third-order valence-electron chi connectivity index (χ3n) is 7.88. The van der Waals surface area contributed by atoms with Crippen molar-refractivity contribution in [3.05, 3.63) is 34.6 Å². The van der Waals surface area contributed by atoms with Crippen LogP contribution in [0.25, 0.3) is 6.08 Å². The SMILES string of the molecule is C=CCC1C(=O)C(C)(C)C(O)CC(=O)OC(C(F)=Cc2csc(C)n2)CC2OC2(C)CCCC(C)C1O. The highest BCUT2D eigenvalue weighted by atomic mass is 32.1. The van der Waals surface area contributed by atoms with E-state index >= 15 is 4.39 Å². The monoisotopic (exact) mass is 537 g/mol. The molecule has 0 saturated carbocycles. The van der Waals surface area contributed by atoms with Gasteiger partial charge in [-0.25, -0.2) is 9.37 Å². The molecular weight excluding hydrogens is 497 g/mol. The summed E-state index contributed by atoms with van der Waals surface area (Å²) in [4.78, 5) is 30.6. The maximum Gasteiger partial charge on any atom is 0.309 e. The molecule has 2 aliphatic rings. The number of epoxide rings is 1. The van der Waals surface area contributed by atoms with E-state index in [0.29, 0.717) is 18.5 Å². The molecule has 0 amide bonds. The quantitative estimate of drug-likeness (QED) is 0.318. The number of rotatable bonds is 4. The molecule has 3 rings (SSSR count). The second-order valence-corrected chi connectivity index (χ2v) is 12.3.